The number of hydrogen-bond donors (Lipinski definition) is 2. The molecule has 0 unspecified atom stereocenters. The van der Waals surface area contributed by atoms with Crippen LogP contribution in [0.3, 0.4) is 0 Å². The van der Waals surface area contributed by atoms with Crippen LogP contribution in [0.1, 0.15) is 43.5 Å². The van der Waals surface area contributed by atoms with E-state index in [2.05, 4.69) is 15.5 Å². The molecule has 1 amide bonds. The van der Waals surface area contributed by atoms with E-state index in [9.17, 15) is 4.79 Å². The van der Waals surface area contributed by atoms with Crippen molar-refractivity contribution in [3.63, 3.8) is 0 Å². The summed E-state index contributed by atoms with van der Waals surface area (Å²) in [5, 5.41) is 13.1. The van der Waals surface area contributed by atoms with Crippen molar-refractivity contribution in [2.24, 2.45) is 11.1 Å². The molecule has 1 aliphatic rings. The van der Waals surface area contributed by atoms with Gasteiger partial charge in [0.1, 0.15) is 10.0 Å². The largest absolute Gasteiger partial charge is 0.349 e. The highest BCUT2D eigenvalue weighted by Gasteiger charge is 2.32. The SMILES string of the molecule is NCC1(CC(=O)NCc2nnc(-c3ccccc3)s2)CCCCC1. The number of nitrogens with one attached hydrogen (secondary N) is 1. The zero-order chi connectivity index (χ0) is 16.8. The van der Waals surface area contributed by atoms with Gasteiger partial charge in [-0.1, -0.05) is 60.9 Å². The van der Waals surface area contributed by atoms with E-state index < -0.39 is 0 Å². The number of amides is 1. The molecule has 5 nitrogen and oxygen atoms in total. The molecule has 24 heavy (non-hydrogen) atoms. The van der Waals surface area contributed by atoms with E-state index in [4.69, 9.17) is 5.73 Å². The molecule has 1 aromatic carbocycles. The quantitative estimate of drug-likeness (QED) is 0.843. The molecule has 0 spiro atoms. The van der Waals surface area contributed by atoms with Gasteiger partial charge in [-0.05, 0) is 24.8 Å². The molecular weight excluding hydrogens is 320 g/mol. The number of benzene rings is 1. The standard InChI is InChI=1S/C18H24N4OS/c19-13-18(9-5-2-6-10-18)11-15(23)20-12-16-21-22-17(24-16)14-7-3-1-4-8-14/h1,3-4,7-8H,2,5-6,9-13,19H2,(H,20,23). The highest BCUT2D eigenvalue weighted by Crippen LogP contribution is 2.38. The van der Waals surface area contributed by atoms with Gasteiger partial charge in [-0.25, -0.2) is 0 Å². The number of carbonyl (C=O) groups excluding carboxylic acids is 1. The minimum Gasteiger partial charge on any atom is -0.349 e. The van der Waals surface area contributed by atoms with Crippen LogP contribution in [0.15, 0.2) is 30.3 Å². The summed E-state index contributed by atoms with van der Waals surface area (Å²) >= 11 is 1.52. The monoisotopic (exact) mass is 344 g/mol. The van der Waals surface area contributed by atoms with Gasteiger partial charge in [0.2, 0.25) is 5.91 Å². The first-order valence-corrected chi connectivity index (χ1v) is 9.37. The number of nitrogens with zero attached hydrogens (tertiary/aromatic N) is 2. The molecular formula is C18H24N4OS. The van der Waals surface area contributed by atoms with E-state index in [1.165, 1.54) is 30.6 Å². The summed E-state index contributed by atoms with van der Waals surface area (Å²) in [5.74, 6) is 0.0683. The molecule has 128 valence electrons. The van der Waals surface area contributed by atoms with E-state index in [1.54, 1.807) is 0 Å². The van der Waals surface area contributed by atoms with Gasteiger partial charge in [0.25, 0.3) is 0 Å². The van der Waals surface area contributed by atoms with Gasteiger partial charge in [-0.2, -0.15) is 0 Å². The first-order valence-electron chi connectivity index (χ1n) is 8.55. The molecule has 3 rings (SSSR count). The van der Waals surface area contributed by atoms with Crippen LogP contribution in [0.25, 0.3) is 10.6 Å². The van der Waals surface area contributed by atoms with Crippen molar-refractivity contribution >= 4 is 17.2 Å². The molecule has 1 aromatic heterocycles. The smallest absolute Gasteiger partial charge is 0.220 e. The fraction of sp³-hybridized carbons (Fsp3) is 0.500. The van der Waals surface area contributed by atoms with Crippen LogP contribution in [0.2, 0.25) is 0 Å². The number of nitrogens with two attached hydrogens (primary N) is 1. The molecule has 1 saturated carbocycles. The second-order valence-corrected chi connectivity index (χ2v) is 7.65. The van der Waals surface area contributed by atoms with Crippen LogP contribution in [0.5, 0.6) is 0 Å². The molecule has 1 heterocycles. The maximum Gasteiger partial charge on any atom is 0.220 e. The summed E-state index contributed by atoms with van der Waals surface area (Å²) in [6.07, 6.45) is 6.27. The van der Waals surface area contributed by atoms with Crippen molar-refractivity contribution in [3.05, 3.63) is 35.3 Å². The Morgan fingerprint density at radius 2 is 1.92 bits per heavy atom. The van der Waals surface area contributed by atoms with Crippen LogP contribution in [-0.2, 0) is 11.3 Å². The first-order chi connectivity index (χ1) is 11.7. The highest BCUT2D eigenvalue weighted by atomic mass is 32.1. The number of carbonyl (C=O) groups is 1. The minimum absolute atomic E-state index is 0.00133. The molecule has 0 atom stereocenters. The van der Waals surface area contributed by atoms with E-state index >= 15 is 0 Å². The van der Waals surface area contributed by atoms with Crippen molar-refractivity contribution < 1.29 is 4.79 Å². The highest BCUT2D eigenvalue weighted by molar-refractivity contribution is 7.14. The predicted octanol–water partition coefficient (Wildman–Crippen LogP) is 3.12. The second-order valence-electron chi connectivity index (χ2n) is 6.59. The Balaban J connectivity index is 1.54. The van der Waals surface area contributed by atoms with Gasteiger partial charge in [0.05, 0.1) is 6.54 Å². The van der Waals surface area contributed by atoms with Crippen molar-refractivity contribution in [3.8, 4) is 10.6 Å². The third kappa shape index (κ3) is 4.19. The fourth-order valence-electron chi connectivity index (χ4n) is 3.35. The summed E-state index contributed by atoms with van der Waals surface area (Å²) < 4.78 is 0. The Kier molecular flexibility index (Phi) is 5.58. The van der Waals surface area contributed by atoms with Gasteiger partial charge in [0, 0.05) is 12.0 Å². The summed E-state index contributed by atoms with van der Waals surface area (Å²) in [5.41, 5.74) is 7.01. The number of hydrogen-bond acceptors (Lipinski definition) is 5. The van der Waals surface area contributed by atoms with Gasteiger partial charge >= 0.3 is 0 Å². The molecule has 3 N–H and O–H groups in total. The Morgan fingerprint density at radius 3 is 2.62 bits per heavy atom. The van der Waals surface area contributed by atoms with Crippen LogP contribution in [-0.4, -0.2) is 22.6 Å². The zero-order valence-electron chi connectivity index (χ0n) is 13.8. The molecule has 0 saturated heterocycles. The maximum absolute atomic E-state index is 12.3. The molecule has 0 bridgehead atoms. The van der Waals surface area contributed by atoms with Gasteiger partial charge in [-0.15, -0.1) is 10.2 Å². The molecule has 1 fully saturated rings. The van der Waals surface area contributed by atoms with Crippen LogP contribution in [0.4, 0.5) is 0 Å². The molecule has 2 aromatic rings. The van der Waals surface area contributed by atoms with E-state index in [0.29, 0.717) is 19.5 Å². The van der Waals surface area contributed by atoms with E-state index in [0.717, 1.165) is 28.4 Å². The first kappa shape index (κ1) is 17.0. The van der Waals surface area contributed by atoms with Crippen LogP contribution in [0, 0.1) is 5.41 Å². The molecule has 1 aliphatic carbocycles. The minimum atomic E-state index is -0.00133. The Labute approximate surface area is 146 Å². The third-order valence-electron chi connectivity index (χ3n) is 4.81. The predicted molar refractivity (Wildman–Crippen MR) is 96.4 cm³/mol. The average molecular weight is 344 g/mol. The van der Waals surface area contributed by atoms with Crippen LogP contribution >= 0.6 is 11.3 Å². The van der Waals surface area contributed by atoms with Gasteiger partial charge in [-0.3, -0.25) is 4.79 Å². The molecule has 6 heteroatoms. The van der Waals surface area contributed by atoms with Crippen LogP contribution < -0.4 is 11.1 Å². The summed E-state index contributed by atoms with van der Waals surface area (Å²) in [4.78, 5) is 12.3. The van der Waals surface area contributed by atoms with Gasteiger partial charge < -0.3 is 11.1 Å². The van der Waals surface area contributed by atoms with E-state index in [1.807, 2.05) is 30.3 Å². The number of aromatic nitrogens is 2. The summed E-state index contributed by atoms with van der Waals surface area (Å²) in [6, 6.07) is 9.96. The molecule has 0 aliphatic heterocycles. The number of rotatable bonds is 6. The summed E-state index contributed by atoms with van der Waals surface area (Å²) in [7, 11) is 0. The lowest BCUT2D eigenvalue weighted by Crippen LogP contribution is -2.38. The second kappa shape index (κ2) is 7.85. The maximum atomic E-state index is 12.3. The van der Waals surface area contributed by atoms with Crippen molar-refractivity contribution in [2.45, 2.75) is 45.1 Å². The van der Waals surface area contributed by atoms with E-state index in [-0.39, 0.29) is 11.3 Å². The fourth-order valence-corrected chi connectivity index (χ4v) is 4.14. The Morgan fingerprint density at radius 1 is 1.17 bits per heavy atom. The Hall–Kier alpha value is -1.79. The lowest BCUT2D eigenvalue weighted by atomic mass is 9.72. The zero-order valence-corrected chi connectivity index (χ0v) is 14.6. The normalized spacial score (nSPS) is 16.7. The molecule has 0 radical (unpaired) electrons. The topological polar surface area (TPSA) is 80.9 Å². The van der Waals surface area contributed by atoms with Crippen molar-refractivity contribution in [1.82, 2.24) is 15.5 Å². The lowest BCUT2D eigenvalue weighted by Gasteiger charge is -2.35. The Bertz CT molecular complexity index is 665. The third-order valence-corrected chi connectivity index (χ3v) is 5.78. The van der Waals surface area contributed by atoms with Crippen molar-refractivity contribution in [1.29, 1.82) is 0 Å². The van der Waals surface area contributed by atoms with Gasteiger partial charge in [0.15, 0.2) is 0 Å². The summed E-state index contributed by atoms with van der Waals surface area (Å²) in [6.45, 7) is 1.03. The van der Waals surface area contributed by atoms with Crippen molar-refractivity contribution in [2.75, 3.05) is 6.54 Å². The lowest BCUT2D eigenvalue weighted by molar-refractivity contribution is -0.124. The average Bonchev–Trinajstić information content (AvgIpc) is 3.11.